The third kappa shape index (κ3) is 2.91. The zero-order valence-corrected chi connectivity index (χ0v) is 12.0. The van der Waals surface area contributed by atoms with E-state index in [-0.39, 0.29) is 0 Å². The highest BCUT2D eigenvalue weighted by Gasteiger charge is 2.39. The van der Waals surface area contributed by atoms with Crippen molar-refractivity contribution < 1.29 is 14.6 Å². The van der Waals surface area contributed by atoms with Crippen LogP contribution in [0.5, 0.6) is 0 Å². The van der Waals surface area contributed by atoms with Crippen LogP contribution in [0.1, 0.15) is 49.2 Å². The molecule has 1 rings (SSSR count). The van der Waals surface area contributed by atoms with Crippen LogP contribution in [-0.4, -0.2) is 22.3 Å². The average Bonchev–Trinajstić information content (AvgIpc) is 2.19. The Morgan fingerprint density at radius 1 is 1.17 bits per heavy atom. The van der Waals surface area contributed by atoms with Gasteiger partial charge in [0.15, 0.2) is 0 Å². The van der Waals surface area contributed by atoms with Crippen molar-refractivity contribution in [3.8, 4) is 0 Å². The van der Waals surface area contributed by atoms with Gasteiger partial charge >= 0.3 is 5.97 Å². The molecule has 0 aliphatic carbocycles. The largest absolute Gasteiger partial charge is 0.453 e. The first-order valence-electron chi connectivity index (χ1n) is 6.08. The molecule has 100 valence electrons. The fourth-order valence-corrected chi connectivity index (χ4v) is 1.38. The number of ether oxygens (including phenoxy) is 1. The Morgan fingerprint density at radius 2 is 1.72 bits per heavy atom. The van der Waals surface area contributed by atoms with Crippen LogP contribution in [-0.2, 0) is 4.74 Å². The Labute approximate surface area is 109 Å². The summed E-state index contributed by atoms with van der Waals surface area (Å²) in [5.41, 5.74) is 0.465. The van der Waals surface area contributed by atoms with Gasteiger partial charge in [-0.25, -0.2) is 4.79 Å². The number of rotatable bonds is 3. The van der Waals surface area contributed by atoms with Crippen molar-refractivity contribution in [3.05, 3.63) is 34.9 Å². The SMILES string of the molecule is Cc1cccc(C(=O)OC(C)(C)C(C)(C)O)c1C. The van der Waals surface area contributed by atoms with E-state index in [1.807, 2.05) is 26.0 Å². The van der Waals surface area contributed by atoms with Crippen LogP contribution in [0.15, 0.2) is 18.2 Å². The summed E-state index contributed by atoms with van der Waals surface area (Å²) in [6.45, 7) is 10.5. The quantitative estimate of drug-likeness (QED) is 0.839. The highest BCUT2D eigenvalue weighted by atomic mass is 16.6. The van der Waals surface area contributed by atoms with Crippen molar-refractivity contribution >= 4 is 5.97 Å². The molecule has 1 N–H and O–H groups in total. The minimum atomic E-state index is -1.10. The minimum absolute atomic E-state index is 0.400. The number of carbonyl (C=O) groups excluding carboxylic acids is 1. The van der Waals surface area contributed by atoms with Crippen molar-refractivity contribution in [2.24, 2.45) is 0 Å². The van der Waals surface area contributed by atoms with E-state index in [4.69, 9.17) is 4.74 Å². The second kappa shape index (κ2) is 4.73. The zero-order chi connectivity index (χ0) is 14.1. The van der Waals surface area contributed by atoms with Crippen molar-refractivity contribution in [1.82, 2.24) is 0 Å². The molecule has 0 fully saturated rings. The van der Waals surface area contributed by atoms with Gasteiger partial charge in [-0.2, -0.15) is 0 Å². The maximum absolute atomic E-state index is 12.1. The van der Waals surface area contributed by atoms with Crippen LogP contribution >= 0.6 is 0 Å². The van der Waals surface area contributed by atoms with E-state index in [9.17, 15) is 9.90 Å². The molecule has 3 nitrogen and oxygen atoms in total. The fourth-order valence-electron chi connectivity index (χ4n) is 1.38. The third-order valence-electron chi connectivity index (χ3n) is 3.65. The molecule has 0 atom stereocenters. The molecule has 1 aromatic rings. The number of hydrogen-bond acceptors (Lipinski definition) is 3. The summed E-state index contributed by atoms with van der Waals surface area (Å²) < 4.78 is 5.44. The van der Waals surface area contributed by atoms with Gasteiger partial charge in [-0.15, -0.1) is 0 Å². The Hall–Kier alpha value is -1.35. The number of hydrogen-bond donors (Lipinski definition) is 1. The van der Waals surface area contributed by atoms with Gasteiger partial charge in [0.2, 0.25) is 0 Å². The lowest BCUT2D eigenvalue weighted by atomic mass is 9.89. The van der Waals surface area contributed by atoms with Crippen LogP contribution in [0, 0.1) is 13.8 Å². The molecule has 0 saturated heterocycles. The molecule has 18 heavy (non-hydrogen) atoms. The van der Waals surface area contributed by atoms with Crippen LogP contribution < -0.4 is 0 Å². The molecule has 1 aromatic carbocycles. The zero-order valence-electron chi connectivity index (χ0n) is 12.0. The lowest BCUT2D eigenvalue weighted by molar-refractivity contribution is -0.117. The van der Waals surface area contributed by atoms with Crippen molar-refractivity contribution in [2.75, 3.05) is 0 Å². The smallest absolute Gasteiger partial charge is 0.339 e. The van der Waals surface area contributed by atoms with Crippen molar-refractivity contribution in [1.29, 1.82) is 0 Å². The molecule has 0 aromatic heterocycles. The van der Waals surface area contributed by atoms with Gasteiger partial charge in [0.1, 0.15) is 5.60 Å². The number of carbonyl (C=O) groups is 1. The predicted molar refractivity (Wildman–Crippen MR) is 71.7 cm³/mol. The monoisotopic (exact) mass is 250 g/mol. The average molecular weight is 250 g/mol. The Balaban J connectivity index is 3.00. The van der Waals surface area contributed by atoms with Crippen molar-refractivity contribution in [3.63, 3.8) is 0 Å². The first kappa shape index (κ1) is 14.7. The number of esters is 1. The van der Waals surface area contributed by atoms with E-state index in [0.29, 0.717) is 5.56 Å². The summed E-state index contributed by atoms with van der Waals surface area (Å²) in [4.78, 5) is 12.1. The lowest BCUT2D eigenvalue weighted by Crippen LogP contribution is -2.48. The van der Waals surface area contributed by atoms with Gasteiger partial charge in [0.05, 0.1) is 11.2 Å². The molecule has 0 aliphatic rings. The first-order valence-corrected chi connectivity index (χ1v) is 6.08. The van der Waals surface area contributed by atoms with E-state index >= 15 is 0 Å². The van der Waals surface area contributed by atoms with Gasteiger partial charge < -0.3 is 9.84 Å². The topological polar surface area (TPSA) is 46.5 Å². The Morgan fingerprint density at radius 3 is 2.22 bits per heavy atom. The van der Waals surface area contributed by atoms with Gasteiger partial charge in [0, 0.05) is 0 Å². The minimum Gasteiger partial charge on any atom is -0.453 e. The second-order valence-electron chi connectivity index (χ2n) is 5.71. The molecule has 0 aliphatic heterocycles. The third-order valence-corrected chi connectivity index (χ3v) is 3.65. The summed E-state index contributed by atoms with van der Waals surface area (Å²) in [6, 6.07) is 5.52. The molecule has 0 saturated carbocycles. The summed E-state index contributed by atoms with van der Waals surface area (Å²) in [5, 5.41) is 9.99. The molecule has 0 amide bonds. The first-order chi connectivity index (χ1) is 8.06. The van der Waals surface area contributed by atoms with E-state index in [0.717, 1.165) is 11.1 Å². The highest BCUT2D eigenvalue weighted by molar-refractivity contribution is 5.91. The van der Waals surface area contributed by atoms with E-state index in [1.165, 1.54) is 0 Å². The predicted octanol–water partition coefficient (Wildman–Crippen LogP) is 3.01. The summed E-state index contributed by atoms with van der Waals surface area (Å²) in [7, 11) is 0. The summed E-state index contributed by atoms with van der Waals surface area (Å²) >= 11 is 0. The van der Waals surface area contributed by atoms with Crippen LogP contribution in [0.3, 0.4) is 0 Å². The van der Waals surface area contributed by atoms with E-state index in [1.54, 1.807) is 33.8 Å². The fraction of sp³-hybridized carbons (Fsp3) is 0.533. The van der Waals surface area contributed by atoms with Crippen LogP contribution in [0.2, 0.25) is 0 Å². The number of aryl methyl sites for hydroxylation is 1. The van der Waals surface area contributed by atoms with Gasteiger partial charge in [-0.05, 0) is 58.7 Å². The van der Waals surface area contributed by atoms with Gasteiger partial charge in [-0.1, -0.05) is 12.1 Å². The maximum atomic E-state index is 12.1. The number of benzene rings is 1. The lowest BCUT2D eigenvalue weighted by Gasteiger charge is -2.36. The maximum Gasteiger partial charge on any atom is 0.339 e. The molecule has 3 heteroatoms. The Kier molecular flexibility index (Phi) is 3.86. The highest BCUT2D eigenvalue weighted by Crippen LogP contribution is 2.27. The molecule has 0 spiro atoms. The molecule has 0 unspecified atom stereocenters. The Bertz CT molecular complexity index is 453. The summed E-state index contributed by atoms with van der Waals surface area (Å²) in [5.74, 6) is -0.400. The summed E-state index contributed by atoms with van der Waals surface area (Å²) in [6.07, 6.45) is 0. The number of aliphatic hydroxyl groups is 1. The standard InChI is InChI=1S/C15H22O3/c1-10-8-7-9-12(11(10)2)13(16)18-15(5,6)14(3,4)17/h7-9,17H,1-6H3. The van der Waals surface area contributed by atoms with E-state index in [2.05, 4.69) is 0 Å². The van der Waals surface area contributed by atoms with Gasteiger partial charge in [-0.3, -0.25) is 0 Å². The normalized spacial score (nSPS) is 12.4. The van der Waals surface area contributed by atoms with Crippen LogP contribution in [0.4, 0.5) is 0 Å². The van der Waals surface area contributed by atoms with Gasteiger partial charge in [0.25, 0.3) is 0 Å². The molecule has 0 heterocycles. The van der Waals surface area contributed by atoms with Crippen molar-refractivity contribution in [2.45, 2.75) is 52.7 Å². The molecular formula is C15H22O3. The molecular weight excluding hydrogens is 228 g/mol. The second-order valence-corrected chi connectivity index (χ2v) is 5.71. The molecule has 0 bridgehead atoms. The van der Waals surface area contributed by atoms with Crippen LogP contribution in [0.25, 0.3) is 0 Å². The molecule has 0 radical (unpaired) electrons. The van der Waals surface area contributed by atoms with E-state index < -0.39 is 17.2 Å².